The van der Waals surface area contributed by atoms with Crippen molar-refractivity contribution in [1.29, 1.82) is 0 Å². The predicted octanol–water partition coefficient (Wildman–Crippen LogP) is 9.62. The van der Waals surface area contributed by atoms with Gasteiger partial charge in [0.2, 0.25) is 0 Å². The number of Topliss-reactive ketones (excluding diaryl/α,β-unsaturated/α-hetero) is 1. The van der Waals surface area contributed by atoms with Gasteiger partial charge < -0.3 is 0 Å². The van der Waals surface area contributed by atoms with E-state index in [0.29, 0.717) is 11.6 Å². The topological polar surface area (TPSA) is 29.4 Å². The highest BCUT2D eigenvalue weighted by Crippen LogP contribution is 2.42. The van der Waals surface area contributed by atoms with Crippen LogP contribution in [0, 0.1) is 0 Å². The molecule has 1 unspecified atom stereocenters. The Morgan fingerprint density at radius 1 is 0.895 bits per heavy atom. The van der Waals surface area contributed by atoms with Crippen molar-refractivity contribution in [2.45, 2.75) is 18.3 Å². The molecule has 0 amide bonds. The van der Waals surface area contributed by atoms with E-state index in [1.807, 2.05) is 0 Å². The molecule has 0 radical (unpaired) electrons. The second kappa shape index (κ2) is 11.9. The fourth-order valence-electron chi connectivity index (χ4n) is 3.41. The molecular weight excluding hydrogens is 582 g/mol. The van der Waals surface area contributed by atoms with E-state index >= 15 is 0 Å². The summed E-state index contributed by atoms with van der Waals surface area (Å²) in [5.74, 6) is -5.24. The summed E-state index contributed by atoms with van der Waals surface area (Å²) in [6.07, 6.45) is -8.77. The van der Waals surface area contributed by atoms with Gasteiger partial charge in [-0.2, -0.15) is 26.3 Å². The first-order valence-corrected chi connectivity index (χ1v) is 11.7. The number of benzene rings is 3. The Hall–Kier alpha value is -2.88. The molecule has 200 valence electrons. The first-order chi connectivity index (χ1) is 17.7. The van der Waals surface area contributed by atoms with E-state index < -0.39 is 58.7 Å². The maximum Gasteiger partial charge on any atom is 0.417 e. The lowest BCUT2D eigenvalue weighted by Gasteiger charge is -2.19. The molecule has 0 saturated heterocycles. The van der Waals surface area contributed by atoms with E-state index in [1.165, 1.54) is 6.21 Å². The molecule has 2 nitrogen and oxygen atoms in total. The van der Waals surface area contributed by atoms with Gasteiger partial charge in [0, 0.05) is 17.3 Å². The Kier molecular flexibility index (Phi) is 9.28. The molecule has 0 N–H and O–H groups in total. The van der Waals surface area contributed by atoms with Crippen LogP contribution in [0.15, 0.2) is 71.7 Å². The van der Waals surface area contributed by atoms with Crippen LogP contribution in [0.5, 0.6) is 0 Å². The van der Waals surface area contributed by atoms with E-state index in [2.05, 4.69) is 4.99 Å². The van der Waals surface area contributed by atoms with Crippen LogP contribution >= 0.6 is 34.8 Å². The average Bonchev–Trinajstić information content (AvgIpc) is 2.84. The van der Waals surface area contributed by atoms with Crippen molar-refractivity contribution >= 4 is 52.6 Å². The molecule has 0 aliphatic heterocycles. The van der Waals surface area contributed by atoms with Crippen LogP contribution in [0.3, 0.4) is 0 Å². The van der Waals surface area contributed by atoms with Crippen molar-refractivity contribution in [1.82, 2.24) is 0 Å². The number of carbonyl (C=O) groups is 1. The maximum atomic E-state index is 15.0. The van der Waals surface area contributed by atoms with Gasteiger partial charge in [-0.25, -0.2) is 4.39 Å². The monoisotopic (exact) mass is 595 g/mol. The van der Waals surface area contributed by atoms with Gasteiger partial charge in [0.05, 0.1) is 20.6 Å². The molecule has 0 fully saturated rings. The molecule has 0 bridgehead atoms. The molecule has 0 saturated carbocycles. The summed E-state index contributed by atoms with van der Waals surface area (Å²) in [5, 5.41) is -0.866. The first kappa shape index (κ1) is 29.7. The quantitative estimate of drug-likeness (QED) is 0.116. The maximum absolute atomic E-state index is 15.0. The Labute approximate surface area is 227 Å². The Morgan fingerprint density at radius 2 is 1.50 bits per heavy atom. The summed E-state index contributed by atoms with van der Waals surface area (Å²) in [4.78, 5) is 16.3. The smallest absolute Gasteiger partial charge is 0.292 e. The molecule has 0 heterocycles. The SMILES string of the molecule is O=C(CN=Cc1ccccc1)c1ccc(/C(F)=C/C(c2cc(Cl)c(Cl)c(Cl)c2)C(F)(F)F)cc1C(F)(F)F. The van der Waals surface area contributed by atoms with Crippen molar-refractivity contribution < 1.29 is 35.5 Å². The lowest BCUT2D eigenvalue weighted by molar-refractivity contribution is -0.140. The average molecular weight is 597 g/mol. The normalized spacial score (nSPS) is 13.7. The second-order valence-corrected chi connectivity index (χ2v) is 9.09. The fraction of sp³-hybridized carbons (Fsp3) is 0.154. The molecule has 38 heavy (non-hydrogen) atoms. The van der Waals surface area contributed by atoms with Crippen LogP contribution < -0.4 is 0 Å². The minimum Gasteiger partial charge on any atom is -0.292 e. The highest BCUT2D eigenvalue weighted by atomic mass is 35.5. The molecule has 0 aliphatic rings. The van der Waals surface area contributed by atoms with E-state index in [-0.39, 0.29) is 27.2 Å². The van der Waals surface area contributed by atoms with E-state index in [1.54, 1.807) is 30.3 Å². The van der Waals surface area contributed by atoms with Gasteiger partial charge in [0.25, 0.3) is 0 Å². The summed E-state index contributed by atoms with van der Waals surface area (Å²) in [6, 6.07) is 11.9. The first-order valence-electron chi connectivity index (χ1n) is 10.6. The lowest BCUT2D eigenvalue weighted by atomic mass is 9.95. The van der Waals surface area contributed by atoms with Crippen LogP contribution in [-0.2, 0) is 6.18 Å². The zero-order valence-electron chi connectivity index (χ0n) is 18.8. The molecule has 3 rings (SSSR count). The minimum absolute atomic E-state index is 0.0943. The largest absolute Gasteiger partial charge is 0.417 e. The molecule has 0 spiro atoms. The summed E-state index contributed by atoms with van der Waals surface area (Å²) in [7, 11) is 0. The number of allylic oxidation sites excluding steroid dienone is 1. The number of nitrogens with zero attached hydrogens (tertiary/aromatic N) is 1. The number of hydrogen-bond donors (Lipinski definition) is 0. The van der Waals surface area contributed by atoms with E-state index in [4.69, 9.17) is 34.8 Å². The standard InChI is InChI=1S/C26H15Cl3F7NO/c27-20-9-16(10-21(28)24(20)29)18(25(31,32)33)11-22(30)15-6-7-17(19(8-15)26(34,35)36)23(38)13-37-12-14-4-2-1-3-5-14/h1-12,18H,13H2/b22-11-,37-12?. The molecule has 3 aromatic rings. The Bertz CT molecular complexity index is 1360. The van der Waals surface area contributed by atoms with Crippen LogP contribution in [0.2, 0.25) is 15.1 Å². The van der Waals surface area contributed by atoms with Crippen molar-refractivity contribution in [3.8, 4) is 0 Å². The second-order valence-electron chi connectivity index (χ2n) is 7.89. The third kappa shape index (κ3) is 7.36. The van der Waals surface area contributed by atoms with Gasteiger partial charge in [-0.15, -0.1) is 0 Å². The molecule has 0 aromatic heterocycles. The van der Waals surface area contributed by atoms with Gasteiger partial charge in [-0.3, -0.25) is 9.79 Å². The number of rotatable bonds is 7. The summed E-state index contributed by atoms with van der Waals surface area (Å²) < 4.78 is 97.4. The number of hydrogen-bond acceptors (Lipinski definition) is 2. The fourth-order valence-corrected chi connectivity index (χ4v) is 4.02. The van der Waals surface area contributed by atoms with Gasteiger partial charge in [0.15, 0.2) is 5.78 Å². The van der Waals surface area contributed by atoms with Crippen LogP contribution in [0.4, 0.5) is 30.7 Å². The highest BCUT2D eigenvalue weighted by molar-refractivity contribution is 6.48. The number of halogens is 10. The van der Waals surface area contributed by atoms with Crippen molar-refractivity contribution in [2.24, 2.45) is 4.99 Å². The predicted molar refractivity (Wildman–Crippen MR) is 134 cm³/mol. The minimum atomic E-state index is -5.11. The van der Waals surface area contributed by atoms with E-state index in [9.17, 15) is 35.5 Å². The van der Waals surface area contributed by atoms with Crippen LogP contribution in [-0.4, -0.2) is 24.7 Å². The summed E-state index contributed by atoms with van der Waals surface area (Å²) in [5.41, 5.74) is -3.10. The highest BCUT2D eigenvalue weighted by Gasteiger charge is 2.41. The number of alkyl halides is 6. The Balaban J connectivity index is 1.98. The summed E-state index contributed by atoms with van der Waals surface area (Å²) in [6.45, 7) is -0.635. The number of ketones is 1. The third-order valence-corrected chi connectivity index (χ3v) is 6.40. The van der Waals surface area contributed by atoms with Crippen LogP contribution in [0.25, 0.3) is 5.83 Å². The summed E-state index contributed by atoms with van der Waals surface area (Å²) >= 11 is 17.3. The van der Waals surface area contributed by atoms with Gasteiger partial charge in [-0.05, 0) is 35.4 Å². The lowest BCUT2D eigenvalue weighted by Crippen LogP contribution is -2.19. The molecule has 3 aromatic carbocycles. The van der Waals surface area contributed by atoms with Gasteiger partial charge in [0.1, 0.15) is 18.3 Å². The molecule has 1 atom stereocenters. The zero-order valence-corrected chi connectivity index (χ0v) is 21.1. The zero-order chi connectivity index (χ0) is 28.3. The third-order valence-electron chi connectivity index (χ3n) is 5.21. The van der Waals surface area contributed by atoms with Crippen molar-refractivity contribution in [3.05, 3.63) is 110 Å². The number of carbonyl (C=O) groups excluding carboxylic acids is 1. The van der Waals surface area contributed by atoms with Gasteiger partial charge >= 0.3 is 12.4 Å². The van der Waals surface area contributed by atoms with Crippen molar-refractivity contribution in [3.63, 3.8) is 0 Å². The van der Waals surface area contributed by atoms with Crippen molar-refractivity contribution in [2.75, 3.05) is 6.54 Å². The Morgan fingerprint density at radius 3 is 2.05 bits per heavy atom. The molecule has 12 heteroatoms. The van der Waals surface area contributed by atoms with Gasteiger partial charge in [-0.1, -0.05) is 77.3 Å². The van der Waals surface area contributed by atoms with Crippen LogP contribution in [0.1, 0.15) is 38.5 Å². The number of aliphatic imine (C=N–C) groups is 1. The molecular formula is C26H15Cl3F7NO. The molecule has 0 aliphatic carbocycles. The van der Waals surface area contributed by atoms with E-state index in [0.717, 1.165) is 18.2 Å².